The summed E-state index contributed by atoms with van der Waals surface area (Å²) < 4.78 is 5.84. The highest BCUT2D eigenvalue weighted by Crippen LogP contribution is 2.29. The first kappa shape index (κ1) is 16.5. The number of ether oxygens (including phenoxy) is 1. The molecule has 2 aromatic carbocycles. The molecule has 0 saturated heterocycles. The average Bonchev–Trinajstić information content (AvgIpc) is 3.02. The summed E-state index contributed by atoms with van der Waals surface area (Å²) in [6.45, 7) is 2.56. The summed E-state index contributed by atoms with van der Waals surface area (Å²) in [5.74, 6) is 0.627. The molecule has 0 spiro atoms. The maximum absolute atomic E-state index is 12.4. The lowest BCUT2D eigenvalue weighted by molar-refractivity contribution is -0.121. The molecule has 24 heavy (non-hydrogen) atoms. The third-order valence-corrected chi connectivity index (χ3v) is 4.53. The molecule has 3 rings (SSSR count). The molecule has 4 nitrogen and oxygen atoms in total. The second kappa shape index (κ2) is 7.05. The summed E-state index contributed by atoms with van der Waals surface area (Å²) >= 11 is 0. The zero-order valence-electron chi connectivity index (χ0n) is 14.0. The number of amides is 1. The Hall–Kier alpha value is -2.33. The predicted molar refractivity (Wildman–Crippen MR) is 96.0 cm³/mol. The van der Waals surface area contributed by atoms with E-state index in [1.165, 1.54) is 5.56 Å². The van der Waals surface area contributed by atoms with Crippen molar-refractivity contribution in [2.45, 2.75) is 44.8 Å². The minimum Gasteiger partial charge on any atom is -0.489 e. The van der Waals surface area contributed by atoms with E-state index in [0.717, 1.165) is 42.7 Å². The Balaban J connectivity index is 1.62. The Morgan fingerprint density at radius 2 is 1.92 bits per heavy atom. The number of carbonyl (C=O) groups excluding carboxylic acids is 1. The SMILES string of the molecule is Cc1cccc(COc2cccc(NC(=O)C3(N)CCCC3)c2)c1. The van der Waals surface area contributed by atoms with Crippen LogP contribution in [0.1, 0.15) is 36.8 Å². The number of anilines is 1. The first-order chi connectivity index (χ1) is 11.5. The second-order valence-corrected chi connectivity index (χ2v) is 6.62. The van der Waals surface area contributed by atoms with Gasteiger partial charge in [-0.3, -0.25) is 4.79 Å². The molecule has 0 heterocycles. The molecular formula is C20H24N2O2. The van der Waals surface area contributed by atoms with Gasteiger partial charge in [-0.15, -0.1) is 0 Å². The number of benzene rings is 2. The van der Waals surface area contributed by atoms with E-state index >= 15 is 0 Å². The van der Waals surface area contributed by atoms with E-state index in [1.807, 2.05) is 36.4 Å². The fourth-order valence-electron chi connectivity index (χ4n) is 3.12. The number of hydrogen-bond acceptors (Lipinski definition) is 3. The quantitative estimate of drug-likeness (QED) is 0.879. The van der Waals surface area contributed by atoms with E-state index in [1.54, 1.807) is 0 Å². The lowest BCUT2D eigenvalue weighted by atomic mass is 9.98. The van der Waals surface area contributed by atoms with Gasteiger partial charge in [0.05, 0.1) is 5.54 Å². The molecule has 0 unspecified atom stereocenters. The zero-order valence-corrected chi connectivity index (χ0v) is 14.0. The molecule has 1 aliphatic rings. The van der Waals surface area contributed by atoms with E-state index in [9.17, 15) is 4.79 Å². The van der Waals surface area contributed by atoms with Gasteiger partial charge in [-0.05, 0) is 37.5 Å². The standard InChI is InChI=1S/C20H24N2O2/c1-15-6-4-7-16(12-15)14-24-18-9-5-8-17(13-18)22-19(23)20(21)10-2-3-11-20/h4-9,12-13H,2-3,10-11,14,21H2,1H3,(H,22,23). The summed E-state index contributed by atoms with van der Waals surface area (Å²) in [6, 6.07) is 15.7. The summed E-state index contributed by atoms with van der Waals surface area (Å²) in [5, 5.41) is 2.93. The van der Waals surface area contributed by atoms with Crippen LogP contribution in [0.25, 0.3) is 0 Å². The molecular weight excluding hydrogens is 300 g/mol. The van der Waals surface area contributed by atoms with Crippen molar-refractivity contribution >= 4 is 11.6 Å². The first-order valence-corrected chi connectivity index (χ1v) is 8.44. The summed E-state index contributed by atoms with van der Waals surface area (Å²) in [5.41, 5.74) is 8.52. The van der Waals surface area contributed by atoms with Gasteiger partial charge in [0.1, 0.15) is 12.4 Å². The average molecular weight is 324 g/mol. The molecule has 0 aromatic heterocycles. The van der Waals surface area contributed by atoms with Gasteiger partial charge in [0.25, 0.3) is 0 Å². The molecule has 0 radical (unpaired) electrons. The van der Waals surface area contributed by atoms with Gasteiger partial charge in [0, 0.05) is 11.8 Å². The van der Waals surface area contributed by atoms with Gasteiger partial charge < -0.3 is 15.8 Å². The van der Waals surface area contributed by atoms with Crippen LogP contribution in [0.15, 0.2) is 48.5 Å². The van der Waals surface area contributed by atoms with Crippen molar-refractivity contribution in [3.63, 3.8) is 0 Å². The number of hydrogen-bond donors (Lipinski definition) is 2. The Bertz CT molecular complexity index is 721. The summed E-state index contributed by atoms with van der Waals surface area (Å²) in [4.78, 5) is 12.4. The first-order valence-electron chi connectivity index (χ1n) is 8.44. The molecule has 1 aliphatic carbocycles. The smallest absolute Gasteiger partial charge is 0.244 e. The number of aryl methyl sites for hydroxylation is 1. The maximum atomic E-state index is 12.4. The lowest BCUT2D eigenvalue weighted by Gasteiger charge is -2.22. The van der Waals surface area contributed by atoms with Crippen LogP contribution in [0.4, 0.5) is 5.69 Å². The van der Waals surface area contributed by atoms with E-state index in [-0.39, 0.29) is 5.91 Å². The third-order valence-electron chi connectivity index (χ3n) is 4.53. The molecule has 0 atom stereocenters. The van der Waals surface area contributed by atoms with Crippen molar-refractivity contribution in [3.05, 3.63) is 59.7 Å². The zero-order chi connectivity index (χ0) is 17.0. The van der Waals surface area contributed by atoms with Crippen molar-refractivity contribution in [1.29, 1.82) is 0 Å². The maximum Gasteiger partial charge on any atom is 0.244 e. The topological polar surface area (TPSA) is 64.3 Å². The van der Waals surface area contributed by atoms with Crippen molar-refractivity contribution < 1.29 is 9.53 Å². The van der Waals surface area contributed by atoms with Gasteiger partial charge in [0.15, 0.2) is 0 Å². The van der Waals surface area contributed by atoms with Crippen LogP contribution in [0, 0.1) is 6.92 Å². The number of nitrogens with two attached hydrogens (primary N) is 1. The Morgan fingerprint density at radius 1 is 1.17 bits per heavy atom. The highest BCUT2D eigenvalue weighted by molar-refractivity contribution is 5.98. The fraction of sp³-hybridized carbons (Fsp3) is 0.350. The lowest BCUT2D eigenvalue weighted by Crippen LogP contribution is -2.48. The molecule has 1 amide bonds. The van der Waals surface area contributed by atoms with Crippen molar-refractivity contribution in [2.24, 2.45) is 5.73 Å². The van der Waals surface area contributed by atoms with E-state index in [0.29, 0.717) is 6.61 Å². The third kappa shape index (κ3) is 3.95. The Kier molecular flexibility index (Phi) is 4.86. The van der Waals surface area contributed by atoms with Gasteiger partial charge in [-0.25, -0.2) is 0 Å². The molecule has 3 N–H and O–H groups in total. The van der Waals surface area contributed by atoms with Crippen LogP contribution in [-0.4, -0.2) is 11.4 Å². The molecule has 0 bridgehead atoms. The number of carbonyl (C=O) groups is 1. The number of nitrogens with one attached hydrogen (secondary N) is 1. The van der Waals surface area contributed by atoms with Gasteiger partial charge in [-0.1, -0.05) is 48.7 Å². The Morgan fingerprint density at radius 3 is 2.67 bits per heavy atom. The van der Waals surface area contributed by atoms with Gasteiger partial charge in [-0.2, -0.15) is 0 Å². The van der Waals surface area contributed by atoms with E-state index in [2.05, 4.69) is 24.4 Å². The highest BCUT2D eigenvalue weighted by atomic mass is 16.5. The second-order valence-electron chi connectivity index (χ2n) is 6.62. The van der Waals surface area contributed by atoms with E-state index < -0.39 is 5.54 Å². The van der Waals surface area contributed by atoms with Crippen molar-refractivity contribution in [1.82, 2.24) is 0 Å². The van der Waals surface area contributed by atoms with Gasteiger partial charge >= 0.3 is 0 Å². The predicted octanol–water partition coefficient (Wildman–Crippen LogP) is 3.78. The van der Waals surface area contributed by atoms with Crippen LogP contribution in [0.5, 0.6) is 5.75 Å². The Labute approximate surface area is 143 Å². The van der Waals surface area contributed by atoms with E-state index in [4.69, 9.17) is 10.5 Å². The highest BCUT2D eigenvalue weighted by Gasteiger charge is 2.36. The fourth-order valence-corrected chi connectivity index (χ4v) is 3.12. The molecule has 126 valence electrons. The van der Waals surface area contributed by atoms with Crippen LogP contribution in [0.2, 0.25) is 0 Å². The molecule has 1 saturated carbocycles. The minimum absolute atomic E-state index is 0.101. The summed E-state index contributed by atoms with van der Waals surface area (Å²) in [7, 11) is 0. The van der Waals surface area contributed by atoms with Crippen LogP contribution >= 0.6 is 0 Å². The van der Waals surface area contributed by atoms with Crippen LogP contribution in [-0.2, 0) is 11.4 Å². The normalized spacial score (nSPS) is 15.9. The van der Waals surface area contributed by atoms with Crippen LogP contribution < -0.4 is 15.8 Å². The van der Waals surface area contributed by atoms with Crippen LogP contribution in [0.3, 0.4) is 0 Å². The number of rotatable bonds is 5. The molecule has 1 fully saturated rings. The molecule has 4 heteroatoms. The molecule has 0 aliphatic heterocycles. The van der Waals surface area contributed by atoms with Crippen molar-refractivity contribution in [2.75, 3.05) is 5.32 Å². The van der Waals surface area contributed by atoms with Gasteiger partial charge in [0.2, 0.25) is 5.91 Å². The summed E-state index contributed by atoms with van der Waals surface area (Å²) in [6.07, 6.45) is 3.54. The molecule has 2 aromatic rings. The largest absolute Gasteiger partial charge is 0.489 e. The monoisotopic (exact) mass is 324 g/mol. The van der Waals surface area contributed by atoms with Crippen molar-refractivity contribution in [3.8, 4) is 5.75 Å². The minimum atomic E-state index is -0.724.